The Bertz CT molecular complexity index is 1180. The van der Waals surface area contributed by atoms with Crippen molar-refractivity contribution in [2.75, 3.05) is 23.9 Å². The van der Waals surface area contributed by atoms with Crippen molar-refractivity contribution >= 4 is 34.8 Å². The molecule has 0 fully saturated rings. The van der Waals surface area contributed by atoms with Gasteiger partial charge in [-0.3, -0.25) is 9.59 Å². The predicted molar refractivity (Wildman–Crippen MR) is 128 cm³/mol. The molecule has 4 rings (SSSR count). The Morgan fingerprint density at radius 1 is 1.03 bits per heavy atom. The van der Waals surface area contributed by atoms with E-state index in [4.69, 9.17) is 16.3 Å². The number of nitrogens with zero attached hydrogens (tertiary/aromatic N) is 1. The molecule has 0 spiro atoms. The first kappa shape index (κ1) is 21.9. The van der Waals surface area contributed by atoms with Crippen molar-refractivity contribution in [2.45, 2.75) is 26.2 Å². The van der Waals surface area contributed by atoms with Gasteiger partial charge in [-0.25, -0.2) is 0 Å². The number of ether oxygens (including phenoxy) is 1. The lowest BCUT2D eigenvalue weighted by Gasteiger charge is -2.23. The molecule has 1 heterocycles. The van der Waals surface area contributed by atoms with Gasteiger partial charge in [0.2, 0.25) is 0 Å². The second-order valence-corrected chi connectivity index (χ2v) is 8.31. The van der Waals surface area contributed by atoms with E-state index in [2.05, 4.69) is 5.32 Å². The Morgan fingerprint density at radius 3 is 2.62 bits per heavy atom. The number of methoxy groups -OCH3 is 1. The van der Waals surface area contributed by atoms with Crippen molar-refractivity contribution in [1.82, 2.24) is 0 Å². The molecule has 1 aliphatic rings. The maximum atomic E-state index is 13.4. The summed E-state index contributed by atoms with van der Waals surface area (Å²) in [6.45, 7) is 2.53. The van der Waals surface area contributed by atoms with Crippen LogP contribution in [0.25, 0.3) is 0 Å². The molecule has 1 N–H and O–H groups in total. The smallest absolute Gasteiger partial charge is 0.258 e. The van der Waals surface area contributed by atoms with Gasteiger partial charge in [0.1, 0.15) is 5.75 Å². The Hall–Kier alpha value is -3.31. The van der Waals surface area contributed by atoms with E-state index in [1.54, 1.807) is 29.2 Å². The molecule has 3 aromatic rings. The topological polar surface area (TPSA) is 58.6 Å². The van der Waals surface area contributed by atoms with Crippen LogP contribution in [-0.4, -0.2) is 25.5 Å². The van der Waals surface area contributed by atoms with E-state index in [0.29, 0.717) is 34.1 Å². The van der Waals surface area contributed by atoms with Crippen LogP contribution in [0.3, 0.4) is 0 Å². The van der Waals surface area contributed by atoms with Gasteiger partial charge in [-0.15, -0.1) is 0 Å². The number of aryl methyl sites for hydroxylation is 2. The highest BCUT2D eigenvalue weighted by Gasteiger charge is 2.24. The van der Waals surface area contributed by atoms with Crippen molar-refractivity contribution in [3.8, 4) is 5.75 Å². The van der Waals surface area contributed by atoms with E-state index >= 15 is 0 Å². The lowest BCUT2D eigenvalue weighted by Crippen LogP contribution is -2.31. The summed E-state index contributed by atoms with van der Waals surface area (Å²) in [6, 6.07) is 18.2. The number of rotatable bonds is 4. The lowest BCUT2D eigenvalue weighted by molar-refractivity contribution is 0.0985. The fourth-order valence-corrected chi connectivity index (χ4v) is 4.23. The van der Waals surface area contributed by atoms with E-state index in [-0.39, 0.29) is 11.8 Å². The van der Waals surface area contributed by atoms with Crippen LogP contribution in [0.1, 0.15) is 44.7 Å². The summed E-state index contributed by atoms with van der Waals surface area (Å²) in [4.78, 5) is 27.9. The summed E-state index contributed by atoms with van der Waals surface area (Å²) in [5.74, 6) is 0.105. The molecule has 5 nitrogen and oxygen atoms in total. The molecular weight excluding hydrogens is 424 g/mol. The van der Waals surface area contributed by atoms with Crippen LogP contribution in [0.2, 0.25) is 5.02 Å². The van der Waals surface area contributed by atoms with Crippen LogP contribution in [0.4, 0.5) is 11.4 Å². The summed E-state index contributed by atoms with van der Waals surface area (Å²) >= 11 is 6.17. The van der Waals surface area contributed by atoms with Crippen molar-refractivity contribution in [3.05, 3.63) is 87.9 Å². The van der Waals surface area contributed by atoms with Gasteiger partial charge in [0.05, 0.1) is 12.8 Å². The van der Waals surface area contributed by atoms with Gasteiger partial charge in [0, 0.05) is 28.4 Å². The molecule has 1 aliphatic heterocycles. The maximum absolute atomic E-state index is 13.4. The Labute approximate surface area is 193 Å². The molecule has 0 unspecified atom stereocenters. The number of anilines is 2. The van der Waals surface area contributed by atoms with Gasteiger partial charge in [0.15, 0.2) is 0 Å². The molecule has 0 saturated carbocycles. The quantitative estimate of drug-likeness (QED) is 0.541. The number of fused-ring (bicyclic) bond motifs is 1. The fourth-order valence-electron chi connectivity index (χ4n) is 4.04. The van der Waals surface area contributed by atoms with Crippen LogP contribution in [0.15, 0.2) is 60.7 Å². The van der Waals surface area contributed by atoms with Crippen LogP contribution in [-0.2, 0) is 6.42 Å². The largest absolute Gasteiger partial charge is 0.495 e. The second kappa shape index (κ2) is 9.45. The third-order valence-corrected chi connectivity index (χ3v) is 5.98. The normalized spacial score (nSPS) is 13.2. The summed E-state index contributed by atoms with van der Waals surface area (Å²) in [5.41, 5.74) is 4.47. The number of halogens is 1. The fraction of sp³-hybridized carbons (Fsp3) is 0.231. The van der Waals surface area contributed by atoms with Gasteiger partial charge in [-0.2, -0.15) is 0 Å². The monoisotopic (exact) mass is 448 g/mol. The summed E-state index contributed by atoms with van der Waals surface area (Å²) in [6.07, 6.45) is 2.82. The molecule has 0 atom stereocenters. The van der Waals surface area contributed by atoms with Crippen molar-refractivity contribution in [3.63, 3.8) is 0 Å². The summed E-state index contributed by atoms with van der Waals surface area (Å²) in [5, 5.41) is 3.57. The molecule has 6 heteroatoms. The highest BCUT2D eigenvalue weighted by molar-refractivity contribution is 6.30. The van der Waals surface area contributed by atoms with Crippen LogP contribution in [0, 0.1) is 6.92 Å². The first-order chi connectivity index (χ1) is 15.5. The predicted octanol–water partition coefficient (Wildman–Crippen LogP) is 5.89. The van der Waals surface area contributed by atoms with Gasteiger partial charge >= 0.3 is 0 Å². The average Bonchev–Trinajstić information content (AvgIpc) is 3.01. The minimum Gasteiger partial charge on any atom is -0.495 e. The minimum atomic E-state index is -0.223. The van der Waals surface area contributed by atoms with Crippen LogP contribution >= 0.6 is 11.6 Å². The first-order valence-corrected chi connectivity index (χ1v) is 11.0. The third kappa shape index (κ3) is 4.48. The highest BCUT2D eigenvalue weighted by Crippen LogP contribution is 2.32. The molecule has 32 heavy (non-hydrogen) atoms. The molecule has 0 bridgehead atoms. The molecule has 3 aromatic carbocycles. The number of carbonyl (C=O) groups excluding carboxylic acids is 2. The number of amides is 2. The zero-order valence-electron chi connectivity index (χ0n) is 18.2. The van der Waals surface area contributed by atoms with Crippen LogP contribution < -0.4 is 15.0 Å². The number of hydrogen-bond donors (Lipinski definition) is 1. The minimum absolute atomic E-state index is 0.106. The molecule has 0 aliphatic carbocycles. The molecule has 164 valence electrons. The van der Waals surface area contributed by atoms with Gasteiger partial charge < -0.3 is 15.0 Å². The highest BCUT2D eigenvalue weighted by atomic mass is 35.5. The Kier molecular flexibility index (Phi) is 6.47. The van der Waals surface area contributed by atoms with E-state index in [9.17, 15) is 9.59 Å². The Balaban J connectivity index is 1.61. The standard InChI is InChI=1S/C26H25ClN2O3/c1-17-7-3-4-9-21(17)25(30)28-22-12-10-19(16-24(22)32-2)26(31)29-14-6-5-8-18-15-20(27)11-13-23(18)29/h3-4,7,9-13,15-16H,5-6,8,14H2,1-2H3,(H,28,30). The summed E-state index contributed by atoms with van der Waals surface area (Å²) in [7, 11) is 1.52. The van der Waals surface area contributed by atoms with Crippen LogP contribution in [0.5, 0.6) is 5.75 Å². The zero-order valence-corrected chi connectivity index (χ0v) is 18.9. The molecule has 0 aromatic heterocycles. The van der Waals surface area contributed by atoms with E-state index in [0.717, 1.165) is 36.1 Å². The van der Waals surface area contributed by atoms with E-state index < -0.39 is 0 Å². The number of nitrogens with one attached hydrogen (secondary N) is 1. The SMILES string of the molecule is COc1cc(C(=O)N2CCCCc3cc(Cl)ccc32)ccc1NC(=O)c1ccccc1C. The maximum Gasteiger partial charge on any atom is 0.258 e. The molecule has 0 saturated heterocycles. The summed E-state index contributed by atoms with van der Waals surface area (Å²) < 4.78 is 5.50. The van der Waals surface area contributed by atoms with Crippen molar-refractivity contribution < 1.29 is 14.3 Å². The molecular formula is C26H25ClN2O3. The number of hydrogen-bond acceptors (Lipinski definition) is 3. The first-order valence-electron chi connectivity index (χ1n) is 10.6. The van der Waals surface area contributed by atoms with Crippen molar-refractivity contribution in [1.29, 1.82) is 0 Å². The number of benzene rings is 3. The van der Waals surface area contributed by atoms with E-state index in [1.165, 1.54) is 7.11 Å². The second-order valence-electron chi connectivity index (χ2n) is 7.87. The molecule has 0 radical (unpaired) electrons. The molecule has 2 amide bonds. The third-order valence-electron chi connectivity index (χ3n) is 5.74. The van der Waals surface area contributed by atoms with Gasteiger partial charge in [0.25, 0.3) is 11.8 Å². The van der Waals surface area contributed by atoms with Crippen molar-refractivity contribution in [2.24, 2.45) is 0 Å². The lowest BCUT2D eigenvalue weighted by atomic mass is 10.1. The zero-order chi connectivity index (χ0) is 22.7. The van der Waals surface area contributed by atoms with Gasteiger partial charge in [-0.05, 0) is 79.8 Å². The average molecular weight is 449 g/mol. The van der Waals surface area contributed by atoms with E-state index in [1.807, 2.05) is 43.3 Å². The number of carbonyl (C=O) groups is 2. The Morgan fingerprint density at radius 2 is 1.84 bits per heavy atom. The van der Waals surface area contributed by atoms with Gasteiger partial charge in [-0.1, -0.05) is 29.8 Å².